The van der Waals surface area contributed by atoms with E-state index in [4.69, 9.17) is 4.55 Å². The zero-order valence-corrected chi connectivity index (χ0v) is 17.4. The van der Waals surface area contributed by atoms with Gasteiger partial charge in [0.2, 0.25) is 10.9 Å². The molecule has 0 aliphatic carbocycles. The molecular weight excluding hydrogens is 476 g/mol. The molecule has 3 rings (SSSR count). The highest BCUT2D eigenvalue weighted by Gasteiger charge is 2.20. The predicted octanol–water partition coefficient (Wildman–Crippen LogP) is 0.201. The van der Waals surface area contributed by atoms with Crippen LogP contribution in [0.5, 0.6) is 0 Å². The molecule has 0 atom stereocenters. The third-order valence-corrected chi connectivity index (χ3v) is 5.07. The molecule has 0 heterocycles. The van der Waals surface area contributed by atoms with Gasteiger partial charge in [0.05, 0.1) is 9.85 Å². The number of para-hydroxylation sites is 2. The van der Waals surface area contributed by atoms with Crippen molar-refractivity contribution in [3.8, 4) is 0 Å². The molecule has 3 aromatic rings. The fourth-order valence-electron chi connectivity index (χ4n) is 2.62. The van der Waals surface area contributed by atoms with Gasteiger partial charge in [-0.05, 0) is 30.3 Å². The fourth-order valence-corrected chi connectivity index (χ4v) is 3.12. The summed E-state index contributed by atoms with van der Waals surface area (Å²) >= 11 is 0. The smallest absolute Gasteiger partial charge is 0.287 e. The Kier molecular flexibility index (Phi) is 6.55. The summed E-state index contributed by atoms with van der Waals surface area (Å²) in [5.41, 5.74) is 1.14. The van der Waals surface area contributed by atoms with Crippen LogP contribution in [-0.2, 0) is 10.1 Å². The van der Waals surface area contributed by atoms with Gasteiger partial charge in [-0.25, -0.2) is 0 Å². The maximum atomic E-state index is 12.6. The van der Waals surface area contributed by atoms with Crippen molar-refractivity contribution in [3.63, 3.8) is 0 Å². The van der Waals surface area contributed by atoms with Crippen LogP contribution in [0.2, 0.25) is 0 Å². The first kappa shape index (κ1) is 23.8. The summed E-state index contributed by atoms with van der Waals surface area (Å²) < 4.78 is 31.4. The second kappa shape index (κ2) is 9.35. The second-order valence-corrected chi connectivity index (χ2v) is 7.81. The molecule has 15 nitrogen and oxygen atoms in total. The van der Waals surface area contributed by atoms with Crippen LogP contribution < -0.4 is 32.4 Å². The number of nitro groups is 2. The largest absolute Gasteiger partial charge is 0.295 e. The first-order valence-electron chi connectivity index (χ1n) is 8.93. The summed E-state index contributed by atoms with van der Waals surface area (Å²) in [5.74, 6) is 0. The Morgan fingerprint density at radius 3 is 2.09 bits per heavy atom. The molecule has 34 heavy (non-hydrogen) atoms. The lowest BCUT2D eigenvalue weighted by Crippen LogP contribution is -2.48. The number of nitrogens with zero attached hydrogens (tertiary/aromatic N) is 4. The molecule has 0 radical (unpaired) electrons. The lowest BCUT2D eigenvalue weighted by atomic mass is 10.3. The third-order valence-electron chi connectivity index (χ3n) is 4.22. The number of hydrogen-bond acceptors (Lipinski definition) is 12. The van der Waals surface area contributed by atoms with Crippen LogP contribution in [0, 0.1) is 20.2 Å². The first-order chi connectivity index (χ1) is 16.0. The number of nitro benzene ring substituents is 2. The lowest BCUT2D eigenvalue weighted by Gasteiger charge is -2.03. The van der Waals surface area contributed by atoms with Crippen molar-refractivity contribution in [1.82, 2.24) is 0 Å². The first-order valence-corrected chi connectivity index (χ1v) is 10.4. The minimum atomic E-state index is -4.72. The molecule has 3 aromatic carbocycles. The summed E-state index contributed by atoms with van der Waals surface area (Å²) in [5, 5.41) is 28.6. The van der Waals surface area contributed by atoms with E-state index >= 15 is 0 Å². The molecule has 0 saturated heterocycles. The van der Waals surface area contributed by atoms with Crippen molar-refractivity contribution in [1.29, 1.82) is 0 Å². The Balaban J connectivity index is 2.04. The molecule has 0 spiro atoms. The number of hydrogen-bond donors (Lipinski definition) is 3. The van der Waals surface area contributed by atoms with Crippen molar-refractivity contribution in [2.45, 2.75) is 4.90 Å². The van der Waals surface area contributed by atoms with E-state index < -0.39 is 46.8 Å². The summed E-state index contributed by atoms with van der Waals surface area (Å²) in [6, 6.07) is 9.78. The highest BCUT2D eigenvalue weighted by atomic mass is 32.2. The van der Waals surface area contributed by atoms with Gasteiger partial charge in [0.1, 0.15) is 21.6 Å². The zero-order valence-electron chi connectivity index (χ0n) is 16.6. The fraction of sp³-hybridized carbons (Fsp3) is 0. The molecule has 16 heteroatoms. The average Bonchev–Trinajstić information content (AvgIpc) is 2.77. The Morgan fingerprint density at radius 1 is 0.824 bits per heavy atom. The molecule has 0 aromatic heterocycles. The predicted molar refractivity (Wildman–Crippen MR) is 116 cm³/mol. The monoisotopic (exact) mass is 488 g/mol. The molecule has 0 amide bonds. The van der Waals surface area contributed by atoms with E-state index in [2.05, 4.69) is 21.1 Å². The van der Waals surface area contributed by atoms with Crippen molar-refractivity contribution in [3.05, 3.63) is 106 Å². The average molecular weight is 488 g/mol. The molecule has 0 aliphatic rings. The van der Waals surface area contributed by atoms with E-state index in [1.165, 1.54) is 24.3 Å². The van der Waals surface area contributed by atoms with Crippen molar-refractivity contribution < 1.29 is 22.8 Å². The van der Waals surface area contributed by atoms with Gasteiger partial charge in [0, 0.05) is 12.1 Å². The van der Waals surface area contributed by atoms with E-state index in [1.807, 2.05) is 0 Å². The normalized spacial score (nSPS) is 12.4. The van der Waals surface area contributed by atoms with Crippen LogP contribution in [0.3, 0.4) is 0 Å². The van der Waals surface area contributed by atoms with Gasteiger partial charge in [-0.2, -0.15) is 18.6 Å². The van der Waals surface area contributed by atoms with Crippen LogP contribution in [0.1, 0.15) is 0 Å². The molecular formula is C18H12N6O9S. The number of benzene rings is 3. The van der Waals surface area contributed by atoms with Crippen LogP contribution >= 0.6 is 0 Å². The van der Waals surface area contributed by atoms with Gasteiger partial charge in [-0.1, -0.05) is 12.1 Å². The molecule has 0 unspecified atom stereocenters. The van der Waals surface area contributed by atoms with Gasteiger partial charge in [-0.3, -0.25) is 45.2 Å². The van der Waals surface area contributed by atoms with Crippen LogP contribution in [0.15, 0.2) is 79.3 Å². The third kappa shape index (κ3) is 5.14. The van der Waals surface area contributed by atoms with Crippen LogP contribution in [0.25, 0.3) is 0 Å². The van der Waals surface area contributed by atoms with Gasteiger partial charge in [0.25, 0.3) is 21.5 Å². The van der Waals surface area contributed by atoms with E-state index in [1.54, 1.807) is 0 Å². The molecule has 0 bridgehead atoms. The molecule has 0 saturated carbocycles. The van der Waals surface area contributed by atoms with Crippen molar-refractivity contribution >= 4 is 32.9 Å². The van der Waals surface area contributed by atoms with Crippen molar-refractivity contribution in [2.75, 3.05) is 10.9 Å². The van der Waals surface area contributed by atoms with E-state index in [9.17, 15) is 38.2 Å². The van der Waals surface area contributed by atoms with Crippen LogP contribution in [0.4, 0.5) is 22.7 Å². The molecule has 0 aliphatic heterocycles. The van der Waals surface area contributed by atoms with E-state index in [-0.39, 0.29) is 22.4 Å². The van der Waals surface area contributed by atoms with Gasteiger partial charge in [0.15, 0.2) is 5.36 Å². The summed E-state index contributed by atoms with van der Waals surface area (Å²) in [4.78, 5) is 44.7. The maximum absolute atomic E-state index is 12.6. The maximum Gasteiger partial charge on any atom is 0.295 e. The molecule has 3 N–H and O–H groups in total. The molecule has 174 valence electrons. The Labute approximate surface area is 188 Å². The Hall–Kier alpha value is -4.83. The standard InChI is InChI=1S/C18H12N6O9S/c25-16-8-7-13(21-19-11-3-1-2-4-14(11)23(27)28)18(26)17(16)22-20-12-6-5-10(34(31,32)33)9-15(12)24(29)30/h1-9,19-20H,(H,31,32,33)/b21-13+,22-17+. The number of anilines is 2. The Morgan fingerprint density at radius 2 is 1.44 bits per heavy atom. The summed E-state index contributed by atoms with van der Waals surface area (Å²) in [6.07, 6.45) is 0. The van der Waals surface area contributed by atoms with E-state index in [0.29, 0.717) is 6.07 Å². The minimum Gasteiger partial charge on any atom is -0.287 e. The highest BCUT2D eigenvalue weighted by Crippen LogP contribution is 2.27. The highest BCUT2D eigenvalue weighted by molar-refractivity contribution is 7.85. The Bertz CT molecular complexity index is 1640. The second-order valence-electron chi connectivity index (χ2n) is 6.39. The lowest BCUT2D eigenvalue weighted by molar-refractivity contribution is -0.384. The molecule has 0 fully saturated rings. The SMILES string of the molecule is O=c1cc/c(=N\Nc2ccccc2[N+](=O)[O-])c(=O)/c1=N/Nc1ccc(S(=O)(=O)O)cc1[N+](=O)[O-]. The quantitative estimate of drug-likeness (QED) is 0.231. The number of rotatable bonds is 7. The van der Waals surface area contributed by atoms with Crippen molar-refractivity contribution in [2.24, 2.45) is 10.2 Å². The van der Waals surface area contributed by atoms with Gasteiger partial charge < -0.3 is 0 Å². The zero-order chi connectivity index (χ0) is 25.0. The summed E-state index contributed by atoms with van der Waals surface area (Å²) in [6.45, 7) is 0. The van der Waals surface area contributed by atoms with E-state index in [0.717, 1.165) is 24.3 Å². The summed E-state index contributed by atoms with van der Waals surface area (Å²) in [7, 11) is -4.72. The van der Waals surface area contributed by atoms with Crippen LogP contribution in [-0.4, -0.2) is 22.8 Å². The van der Waals surface area contributed by atoms with Gasteiger partial charge in [-0.15, -0.1) is 0 Å². The number of nitrogens with one attached hydrogen (secondary N) is 2. The van der Waals surface area contributed by atoms with Gasteiger partial charge >= 0.3 is 0 Å². The minimum absolute atomic E-state index is 0.0238. The topological polar surface area (TPSA) is 224 Å².